The van der Waals surface area contributed by atoms with Crippen LogP contribution in [0.15, 0.2) is 54.6 Å². The van der Waals surface area contributed by atoms with E-state index in [9.17, 15) is 14.7 Å². The molecular weight excluding hydrogens is 622 g/mol. The number of carbonyl (C=O) groups excluding carboxylic acids is 1. The highest BCUT2D eigenvalue weighted by molar-refractivity contribution is 6.32. The van der Waals surface area contributed by atoms with Crippen LogP contribution >= 0.6 is 11.6 Å². The monoisotopic (exact) mass is 671 g/mol. The van der Waals surface area contributed by atoms with Crippen molar-refractivity contribution in [3.8, 4) is 16.9 Å². The minimum Gasteiger partial charge on any atom is -0.487 e. The summed E-state index contributed by atoms with van der Waals surface area (Å²) in [6.07, 6.45) is 10.2. The third-order valence-corrected chi connectivity index (χ3v) is 10.4. The molecule has 2 N–H and O–H groups in total. The van der Waals surface area contributed by atoms with Crippen LogP contribution < -0.4 is 10.1 Å². The first-order valence-electron chi connectivity index (χ1n) is 17.3. The SMILES string of the molecule is CC(=O)NC1CCN(CC/C=C/c2cccc(-c3cccc(COc4cc(C)c(CN5CCCC[C@H]5C(=O)O)cc4Cl)c3C)c2C)CC1. The molecule has 2 aliphatic heterocycles. The number of amides is 1. The van der Waals surface area contributed by atoms with E-state index in [0.717, 1.165) is 75.0 Å². The summed E-state index contributed by atoms with van der Waals surface area (Å²) in [5.74, 6) is -0.0520. The Hall–Kier alpha value is -3.65. The van der Waals surface area contributed by atoms with Crippen LogP contribution in [0.25, 0.3) is 17.2 Å². The molecule has 3 aromatic carbocycles. The number of aryl methyl sites for hydroxylation is 1. The van der Waals surface area contributed by atoms with E-state index in [4.69, 9.17) is 16.3 Å². The van der Waals surface area contributed by atoms with Crippen LogP contribution in [0.1, 0.15) is 78.8 Å². The molecule has 0 aromatic heterocycles. The zero-order chi connectivity index (χ0) is 34.2. The summed E-state index contributed by atoms with van der Waals surface area (Å²) in [6.45, 7) is 12.8. The summed E-state index contributed by atoms with van der Waals surface area (Å²) in [5.41, 5.74) is 9.24. The molecule has 2 saturated heterocycles. The number of piperidine rings is 2. The number of aliphatic carboxylic acids is 1. The molecule has 3 aromatic rings. The van der Waals surface area contributed by atoms with Gasteiger partial charge in [-0.05, 0) is 116 Å². The number of halogens is 1. The van der Waals surface area contributed by atoms with Crippen molar-refractivity contribution in [3.63, 3.8) is 0 Å². The highest BCUT2D eigenvalue weighted by Crippen LogP contribution is 2.34. The van der Waals surface area contributed by atoms with Crippen LogP contribution in [0.2, 0.25) is 5.02 Å². The summed E-state index contributed by atoms with van der Waals surface area (Å²) < 4.78 is 6.30. The standard InChI is InChI=1S/C40H50ClN3O4/c1-27-23-39(37(41)24-33(27)25-44-20-8-6-16-38(44)40(46)47)48-26-32-13-10-15-36(29(32)3)35-14-9-12-31(28(35)2)11-5-7-19-43-21-17-34(18-22-43)42-30(4)45/h5,9-15,23-24,34,38H,6-8,16-22,25-26H2,1-4H3,(H,42,45)(H,46,47)/b11-5+/t38-/m0/s1. The molecule has 0 saturated carbocycles. The predicted octanol–water partition coefficient (Wildman–Crippen LogP) is 7.95. The minimum absolute atomic E-state index is 0.0641. The molecule has 2 heterocycles. The first kappa shape index (κ1) is 35.7. The third kappa shape index (κ3) is 9.07. The number of carbonyl (C=O) groups is 2. The van der Waals surface area contributed by atoms with Gasteiger partial charge in [0.05, 0.1) is 5.02 Å². The quantitative estimate of drug-likeness (QED) is 0.203. The molecule has 8 heteroatoms. The Morgan fingerprint density at radius 3 is 2.42 bits per heavy atom. The second-order valence-electron chi connectivity index (χ2n) is 13.4. The van der Waals surface area contributed by atoms with E-state index in [1.807, 2.05) is 24.0 Å². The fourth-order valence-electron chi connectivity index (χ4n) is 7.12. The number of hydrogen-bond acceptors (Lipinski definition) is 5. The lowest BCUT2D eigenvalue weighted by molar-refractivity contribution is -0.144. The van der Waals surface area contributed by atoms with Gasteiger partial charge in [0.2, 0.25) is 5.91 Å². The number of carboxylic acids is 1. The number of likely N-dealkylation sites (tertiary alicyclic amines) is 2. The van der Waals surface area contributed by atoms with Gasteiger partial charge < -0.3 is 20.1 Å². The van der Waals surface area contributed by atoms with Crippen LogP contribution in [0, 0.1) is 20.8 Å². The smallest absolute Gasteiger partial charge is 0.320 e. The lowest BCUT2D eigenvalue weighted by Crippen LogP contribution is -2.44. The van der Waals surface area contributed by atoms with E-state index in [-0.39, 0.29) is 5.91 Å². The van der Waals surface area contributed by atoms with Crippen molar-refractivity contribution in [1.29, 1.82) is 0 Å². The second kappa shape index (κ2) is 16.6. The molecule has 256 valence electrons. The van der Waals surface area contributed by atoms with Crippen molar-refractivity contribution in [3.05, 3.63) is 93.0 Å². The largest absolute Gasteiger partial charge is 0.487 e. The number of benzene rings is 3. The first-order valence-corrected chi connectivity index (χ1v) is 17.7. The Bertz CT molecular complexity index is 1630. The summed E-state index contributed by atoms with van der Waals surface area (Å²) in [7, 11) is 0. The fourth-order valence-corrected chi connectivity index (χ4v) is 7.37. The van der Waals surface area contributed by atoms with Crippen molar-refractivity contribution >= 4 is 29.6 Å². The molecule has 0 aliphatic carbocycles. The summed E-state index contributed by atoms with van der Waals surface area (Å²) in [4.78, 5) is 27.7. The first-order chi connectivity index (χ1) is 23.1. The predicted molar refractivity (Wildman–Crippen MR) is 194 cm³/mol. The van der Waals surface area contributed by atoms with E-state index in [2.05, 4.69) is 72.6 Å². The van der Waals surface area contributed by atoms with Crippen LogP contribution in [-0.4, -0.2) is 65.0 Å². The topological polar surface area (TPSA) is 82.1 Å². The van der Waals surface area contributed by atoms with E-state index >= 15 is 0 Å². The minimum atomic E-state index is -0.752. The molecule has 0 unspecified atom stereocenters. The van der Waals surface area contributed by atoms with E-state index < -0.39 is 12.0 Å². The molecule has 1 atom stereocenters. The lowest BCUT2D eigenvalue weighted by Gasteiger charge is -2.33. The molecule has 2 aliphatic rings. The van der Waals surface area contributed by atoms with Crippen LogP contribution in [-0.2, 0) is 22.7 Å². The van der Waals surface area contributed by atoms with E-state index in [0.29, 0.717) is 36.4 Å². The molecule has 48 heavy (non-hydrogen) atoms. The molecule has 7 nitrogen and oxygen atoms in total. The summed E-state index contributed by atoms with van der Waals surface area (Å²) in [6, 6.07) is 16.6. The Balaban J connectivity index is 1.21. The number of nitrogens with zero attached hydrogens (tertiary/aromatic N) is 2. The maximum Gasteiger partial charge on any atom is 0.320 e. The van der Waals surface area contributed by atoms with Gasteiger partial charge >= 0.3 is 5.97 Å². The van der Waals surface area contributed by atoms with Gasteiger partial charge in [-0.15, -0.1) is 0 Å². The number of rotatable bonds is 12. The number of carboxylic acid groups (broad SMARTS) is 1. The van der Waals surface area contributed by atoms with E-state index in [1.54, 1.807) is 6.92 Å². The molecule has 1 amide bonds. The highest BCUT2D eigenvalue weighted by atomic mass is 35.5. The Kier molecular flexibility index (Phi) is 12.4. The van der Waals surface area contributed by atoms with Crippen LogP contribution in [0.3, 0.4) is 0 Å². The Labute approximate surface area is 290 Å². The average molecular weight is 672 g/mol. The van der Waals surface area contributed by atoms with Gasteiger partial charge in [-0.25, -0.2) is 0 Å². The normalized spacial score (nSPS) is 17.9. The summed E-state index contributed by atoms with van der Waals surface area (Å²) in [5, 5.41) is 13.3. The Morgan fingerprint density at radius 2 is 1.69 bits per heavy atom. The van der Waals surface area contributed by atoms with Gasteiger partial charge in [-0.2, -0.15) is 0 Å². The highest BCUT2D eigenvalue weighted by Gasteiger charge is 2.29. The number of hydrogen-bond donors (Lipinski definition) is 2. The zero-order valence-corrected chi connectivity index (χ0v) is 29.6. The maximum atomic E-state index is 11.8. The summed E-state index contributed by atoms with van der Waals surface area (Å²) >= 11 is 6.73. The lowest BCUT2D eigenvalue weighted by atomic mass is 9.91. The van der Waals surface area contributed by atoms with Gasteiger partial charge in [0.25, 0.3) is 0 Å². The van der Waals surface area contributed by atoms with Gasteiger partial charge in [-0.3, -0.25) is 14.5 Å². The maximum absolute atomic E-state index is 11.8. The van der Waals surface area contributed by atoms with Crippen LogP contribution in [0.4, 0.5) is 0 Å². The molecule has 0 bridgehead atoms. The molecule has 0 radical (unpaired) electrons. The van der Waals surface area contributed by atoms with Crippen molar-refractivity contribution in [2.75, 3.05) is 26.2 Å². The van der Waals surface area contributed by atoms with Crippen LogP contribution in [0.5, 0.6) is 5.75 Å². The van der Waals surface area contributed by atoms with Gasteiger partial charge in [0, 0.05) is 39.1 Å². The fraction of sp³-hybridized carbons (Fsp3) is 0.450. The van der Waals surface area contributed by atoms with Crippen molar-refractivity contribution < 1.29 is 19.4 Å². The second-order valence-corrected chi connectivity index (χ2v) is 13.8. The van der Waals surface area contributed by atoms with E-state index in [1.165, 1.54) is 27.8 Å². The molecule has 5 rings (SSSR count). The average Bonchev–Trinajstić information content (AvgIpc) is 3.06. The van der Waals surface area contributed by atoms with Crippen molar-refractivity contribution in [2.45, 2.75) is 91.5 Å². The number of ether oxygens (including phenoxy) is 1. The van der Waals surface area contributed by atoms with Crippen molar-refractivity contribution in [1.82, 2.24) is 15.1 Å². The van der Waals surface area contributed by atoms with Gasteiger partial charge in [-0.1, -0.05) is 66.6 Å². The van der Waals surface area contributed by atoms with Gasteiger partial charge in [0.1, 0.15) is 18.4 Å². The molecule has 2 fully saturated rings. The number of nitrogens with one attached hydrogen (secondary N) is 1. The molecule has 0 spiro atoms. The molecular formula is C40H50ClN3O4. The van der Waals surface area contributed by atoms with Crippen molar-refractivity contribution in [2.24, 2.45) is 0 Å². The third-order valence-electron chi connectivity index (χ3n) is 10.1. The Morgan fingerprint density at radius 1 is 0.958 bits per heavy atom. The van der Waals surface area contributed by atoms with Gasteiger partial charge in [0.15, 0.2) is 0 Å². The zero-order valence-electron chi connectivity index (χ0n) is 28.9.